The van der Waals surface area contributed by atoms with Gasteiger partial charge in [-0.1, -0.05) is 6.92 Å². The third kappa shape index (κ3) is 4.18. The lowest BCUT2D eigenvalue weighted by atomic mass is 10.1. The van der Waals surface area contributed by atoms with Crippen LogP contribution >= 0.6 is 0 Å². The lowest BCUT2D eigenvalue weighted by molar-refractivity contribution is -0.141. The van der Waals surface area contributed by atoms with Gasteiger partial charge in [0.1, 0.15) is 0 Å². The van der Waals surface area contributed by atoms with Crippen LogP contribution in [0.1, 0.15) is 13.3 Å². The highest BCUT2D eigenvalue weighted by molar-refractivity contribution is 5.69. The lowest BCUT2D eigenvalue weighted by Gasteiger charge is -2.22. The van der Waals surface area contributed by atoms with E-state index in [1.165, 1.54) is 13.0 Å². The van der Waals surface area contributed by atoms with Gasteiger partial charge in [-0.15, -0.1) is 0 Å². The lowest BCUT2D eigenvalue weighted by Crippen LogP contribution is -2.33. The first-order valence-electron chi connectivity index (χ1n) is 5.59. The summed E-state index contributed by atoms with van der Waals surface area (Å²) in [5.41, 5.74) is 0. The van der Waals surface area contributed by atoms with Crippen molar-refractivity contribution in [2.45, 2.75) is 13.3 Å². The molecule has 0 amide bonds. The van der Waals surface area contributed by atoms with E-state index in [2.05, 4.69) is 16.8 Å². The van der Waals surface area contributed by atoms with Gasteiger partial charge < -0.3 is 14.9 Å². The van der Waals surface area contributed by atoms with Crippen LogP contribution < -0.4 is 0 Å². The normalized spacial score (nSPS) is 24.7. The molecule has 0 aromatic carbocycles. The first-order chi connectivity index (χ1) is 6.99. The van der Waals surface area contributed by atoms with E-state index in [-0.39, 0.29) is 5.92 Å². The maximum atomic E-state index is 10.7. The molecule has 0 spiro atoms. The predicted octanol–water partition coefficient (Wildman–Crippen LogP) is 0.591. The Bertz CT molecular complexity index is 221. The minimum atomic E-state index is -0.703. The highest BCUT2D eigenvalue weighted by atomic mass is 16.4. The monoisotopic (exact) mass is 214 g/mol. The molecule has 0 aromatic heterocycles. The summed E-state index contributed by atoms with van der Waals surface area (Å²) in [6, 6.07) is 0. The first-order valence-corrected chi connectivity index (χ1v) is 5.59. The third-order valence-electron chi connectivity index (χ3n) is 3.07. The number of hydrogen-bond donors (Lipinski definition) is 1. The van der Waals surface area contributed by atoms with Gasteiger partial charge in [0.05, 0.1) is 5.92 Å². The molecule has 0 aliphatic carbocycles. The van der Waals surface area contributed by atoms with E-state index < -0.39 is 5.97 Å². The Morgan fingerprint density at radius 1 is 1.67 bits per heavy atom. The van der Waals surface area contributed by atoms with Crippen molar-refractivity contribution in [3.05, 3.63) is 0 Å². The molecule has 0 saturated carbocycles. The SMILES string of the molecule is CC(CN(C)CC1CCN(C)C1)C(=O)O. The van der Waals surface area contributed by atoms with Gasteiger partial charge in [0.25, 0.3) is 0 Å². The molecule has 4 heteroatoms. The number of nitrogens with zero attached hydrogens (tertiary/aromatic N) is 2. The maximum Gasteiger partial charge on any atom is 0.307 e. The number of hydrogen-bond acceptors (Lipinski definition) is 3. The molecule has 1 aliphatic heterocycles. The molecule has 1 rings (SSSR count). The van der Waals surface area contributed by atoms with Gasteiger partial charge in [-0.2, -0.15) is 0 Å². The largest absolute Gasteiger partial charge is 0.481 e. The molecule has 0 aromatic rings. The van der Waals surface area contributed by atoms with E-state index in [0.717, 1.165) is 13.1 Å². The van der Waals surface area contributed by atoms with E-state index in [1.54, 1.807) is 6.92 Å². The van der Waals surface area contributed by atoms with Gasteiger partial charge in [-0.05, 0) is 33.0 Å². The van der Waals surface area contributed by atoms with Crippen LogP contribution in [-0.2, 0) is 4.79 Å². The van der Waals surface area contributed by atoms with Gasteiger partial charge in [-0.3, -0.25) is 4.79 Å². The number of aliphatic carboxylic acids is 1. The van der Waals surface area contributed by atoms with Gasteiger partial charge >= 0.3 is 5.97 Å². The fourth-order valence-electron chi connectivity index (χ4n) is 2.24. The van der Waals surface area contributed by atoms with Crippen molar-refractivity contribution in [1.29, 1.82) is 0 Å². The molecule has 1 heterocycles. The van der Waals surface area contributed by atoms with Crippen LogP contribution in [0.2, 0.25) is 0 Å². The highest BCUT2D eigenvalue weighted by Crippen LogP contribution is 2.15. The molecular formula is C11H22N2O2. The molecule has 1 aliphatic rings. The Kier molecular flexibility index (Phi) is 4.54. The number of rotatable bonds is 5. The second-order valence-corrected chi connectivity index (χ2v) is 4.88. The second kappa shape index (κ2) is 5.47. The van der Waals surface area contributed by atoms with Crippen molar-refractivity contribution in [3.8, 4) is 0 Å². The molecule has 0 bridgehead atoms. The van der Waals surface area contributed by atoms with Crippen LogP contribution in [0.4, 0.5) is 0 Å². The summed E-state index contributed by atoms with van der Waals surface area (Å²) in [5.74, 6) is -0.263. The zero-order valence-electron chi connectivity index (χ0n) is 9.94. The van der Waals surface area contributed by atoms with E-state index in [0.29, 0.717) is 12.5 Å². The van der Waals surface area contributed by atoms with Crippen molar-refractivity contribution in [3.63, 3.8) is 0 Å². The number of likely N-dealkylation sites (tertiary alicyclic amines) is 1. The van der Waals surface area contributed by atoms with E-state index in [9.17, 15) is 4.79 Å². The van der Waals surface area contributed by atoms with Crippen molar-refractivity contribution < 1.29 is 9.90 Å². The minimum Gasteiger partial charge on any atom is -0.481 e. The minimum absolute atomic E-state index is 0.269. The average Bonchev–Trinajstić information content (AvgIpc) is 2.50. The van der Waals surface area contributed by atoms with Crippen molar-refractivity contribution in [1.82, 2.24) is 9.80 Å². The zero-order chi connectivity index (χ0) is 11.4. The number of carbonyl (C=O) groups is 1. The van der Waals surface area contributed by atoms with Crippen molar-refractivity contribution >= 4 is 5.97 Å². The van der Waals surface area contributed by atoms with E-state index in [1.807, 2.05) is 7.05 Å². The molecule has 2 unspecified atom stereocenters. The first kappa shape index (κ1) is 12.5. The van der Waals surface area contributed by atoms with E-state index in [4.69, 9.17) is 5.11 Å². The standard InChI is InChI=1S/C11H22N2O2/c1-9(11(14)15)6-13(3)8-10-4-5-12(2)7-10/h9-10H,4-8H2,1-3H3,(H,14,15). The molecule has 1 N–H and O–H groups in total. The Labute approximate surface area is 91.9 Å². The Balaban J connectivity index is 2.23. The summed E-state index contributed by atoms with van der Waals surface area (Å²) in [5, 5.41) is 8.80. The fourth-order valence-corrected chi connectivity index (χ4v) is 2.24. The van der Waals surface area contributed by atoms with Crippen LogP contribution in [-0.4, -0.2) is 61.2 Å². The Hall–Kier alpha value is -0.610. The summed E-state index contributed by atoms with van der Waals surface area (Å²) >= 11 is 0. The van der Waals surface area contributed by atoms with Crippen LogP contribution in [0.3, 0.4) is 0 Å². The van der Waals surface area contributed by atoms with Crippen LogP contribution in [0, 0.1) is 11.8 Å². The zero-order valence-corrected chi connectivity index (χ0v) is 9.94. The molecule has 15 heavy (non-hydrogen) atoms. The van der Waals surface area contributed by atoms with Gasteiger partial charge in [0.15, 0.2) is 0 Å². The maximum absolute atomic E-state index is 10.7. The summed E-state index contributed by atoms with van der Waals surface area (Å²) in [7, 11) is 4.15. The Morgan fingerprint density at radius 3 is 2.80 bits per heavy atom. The summed E-state index contributed by atoms with van der Waals surface area (Å²) < 4.78 is 0. The molecule has 1 fully saturated rings. The molecule has 1 saturated heterocycles. The smallest absolute Gasteiger partial charge is 0.307 e. The van der Waals surface area contributed by atoms with Gasteiger partial charge in [0.2, 0.25) is 0 Å². The Morgan fingerprint density at radius 2 is 2.33 bits per heavy atom. The van der Waals surface area contributed by atoms with Gasteiger partial charge in [0, 0.05) is 19.6 Å². The number of carboxylic acid groups (broad SMARTS) is 1. The van der Waals surface area contributed by atoms with Gasteiger partial charge in [-0.25, -0.2) is 0 Å². The topological polar surface area (TPSA) is 43.8 Å². The third-order valence-corrected chi connectivity index (χ3v) is 3.07. The molecule has 4 nitrogen and oxygen atoms in total. The van der Waals surface area contributed by atoms with Crippen LogP contribution in [0.5, 0.6) is 0 Å². The second-order valence-electron chi connectivity index (χ2n) is 4.88. The average molecular weight is 214 g/mol. The highest BCUT2D eigenvalue weighted by Gasteiger charge is 2.22. The van der Waals surface area contributed by atoms with Crippen LogP contribution in [0.25, 0.3) is 0 Å². The molecule has 0 radical (unpaired) electrons. The van der Waals surface area contributed by atoms with E-state index >= 15 is 0 Å². The van der Waals surface area contributed by atoms with Crippen LogP contribution in [0.15, 0.2) is 0 Å². The summed E-state index contributed by atoms with van der Waals surface area (Å²) in [6.07, 6.45) is 1.24. The fraction of sp³-hybridized carbons (Fsp3) is 0.909. The quantitative estimate of drug-likeness (QED) is 0.727. The summed E-state index contributed by atoms with van der Waals surface area (Å²) in [4.78, 5) is 15.2. The summed E-state index contributed by atoms with van der Waals surface area (Å²) in [6.45, 7) is 5.75. The van der Waals surface area contributed by atoms with Crippen molar-refractivity contribution in [2.75, 3.05) is 40.3 Å². The molecular weight excluding hydrogens is 192 g/mol. The van der Waals surface area contributed by atoms with Crippen molar-refractivity contribution in [2.24, 2.45) is 11.8 Å². The predicted molar refractivity (Wildman–Crippen MR) is 59.9 cm³/mol. The number of carboxylic acids is 1. The molecule has 2 atom stereocenters. The molecule has 88 valence electrons.